The third-order valence-corrected chi connectivity index (χ3v) is 3.24. The Morgan fingerprint density at radius 2 is 2.22 bits per heavy atom. The molecule has 6 nitrogen and oxygen atoms in total. The highest BCUT2D eigenvalue weighted by molar-refractivity contribution is 5.69. The van der Waals surface area contributed by atoms with E-state index in [1.54, 1.807) is 10.9 Å². The van der Waals surface area contributed by atoms with Crippen molar-refractivity contribution in [2.45, 2.75) is 57.8 Å². The number of carboxylic acids is 1. The molecule has 1 unspecified atom stereocenters. The van der Waals surface area contributed by atoms with Crippen molar-refractivity contribution in [3.63, 3.8) is 0 Å². The van der Waals surface area contributed by atoms with Crippen molar-refractivity contribution < 1.29 is 14.6 Å². The Labute approximate surface area is 106 Å². The fraction of sp³-hybridized carbons (Fsp3) is 0.750. The second kappa shape index (κ2) is 4.05. The zero-order chi connectivity index (χ0) is 13.6. The number of carbonyl (C=O) groups is 1. The van der Waals surface area contributed by atoms with Crippen LogP contribution in [0, 0.1) is 0 Å². The van der Waals surface area contributed by atoms with Crippen molar-refractivity contribution in [1.29, 1.82) is 0 Å². The Bertz CT molecular complexity index is 465. The Kier molecular flexibility index (Phi) is 2.93. The van der Waals surface area contributed by atoms with Crippen LogP contribution in [-0.2, 0) is 16.0 Å². The van der Waals surface area contributed by atoms with Crippen LogP contribution in [0.15, 0.2) is 6.20 Å². The van der Waals surface area contributed by atoms with Gasteiger partial charge in [0.05, 0.1) is 29.4 Å². The van der Waals surface area contributed by atoms with E-state index in [-0.39, 0.29) is 23.7 Å². The van der Waals surface area contributed by atoms with Crippen LogP contribution in [0.1, 0.15) is 45.9 Å². The number of aromatic nitrogens is 3. The lowest BCUT2D eigenvalue weighted by Crippen LogP contribution is -2.31. The second-order valence-electron chi connectivity index (χ2n) is 5.95. The standard InChI is InChI=1S/C12H19N3O3/c1-11(2)6-9(12(3,4)18-11)15-7-8(13-14-15)5-10(16)17/h7,9H,5-6H2,1-4H3,(H,16,17). The summed E-state index contributed by atoms with van der Waals surface area (Å²) in [6.07, 6.45) is 2.43. The highest BCUT2D eigenvalue weighted by Gasteiger charge is 2.47. The number of ether oxygens (including phenoxy) is 1. The van der Waals surface area contributed by atoms with Crippen LogP contribution in [0.4, 0.5) is 0 Å². The zero-order valence-corrected chi connectivity index (χ0v) is 11.2. The molecule has 0 radical (unpaired) electrons. The summed E-state index contributed by atoms with van der Waals surface area (Å²) < 4.78 is 7.72. The Morgan fingerprint density at radius 1 is 1.56 bits per heavy atom. The van der Waals surface area contributed by atoms with E-state index in [1.165, 1.54) is 0 Å². The molecular weight excluding hydrogens is 234 g/mol. The first-order valence-corrected chi connectivity index (χ1v) is 6.02. The molecule has 1 fully saturated rings. The van der Waals surface area contributed by atoms with Gasteiger partial charge in [0.25, 0.3) is 0 Å². The van der Waals surface area contributed by atoms with Crippen molar-refractivity contribution >= 4 is 5.97 Å². The van der Waals surface area contributed by atoms with Crippen molar-refractivity contribution in [2.24, 2.45) is 0 Å². The molecule has 0 aromatic carbocycles. The van der Waals surface area contributed by atoms with E-state index in [2.05, 4.69) is 10.3 Å². The quantitative estimate of drug-likeness (QED) is 0.881. The van der Waals surface area contributed by atoms with Crippen LogP contribution < -0.4 is 0 Å². The molecule has 0 aliphatic carbocycles. The first-order chi connectivity index (χ1) is 8.20. The van der Waals surface area contributed by atoms with E-state index in [9.17, 15) is 4.79 Å². The third-order valence-electron chi connectivity index (χ3n) is 3.24. The molecule has 1 aliphatic heterocycles. The molecular formula is C12H19N3O3. The topological polar surface area (TPSA) is 77.2 Å². The highest BCUT2D eigenvalue weighted by Crippen LogP contribution is 2.44. The van der Waals surface area contributed by atoms with Gasteiger partial charge in [0, 0.05) is 12.6 Å². The molecule has 18 heavy (non-hydrogen) atoms. The average molecular weight is 253 g/mol. The molecule has 2 rings (SSSR count). The summed E-state index contributed by atoms with van der Waals surface area (Å²) >= 11 is 0. The number of nitrogens with zero attached hydrogens (tertiary/aromatic N) is 3. The van der Waals surface area contributed by atoms with Crippen LogP contribution >= 0.6 is 0 Å². The van der Waals surface area contributed by atoms with Crippen LogP contribution in [0.2, 0.25) is 0 Å². The number of carboxylic acid groups (broad SMARTS) is 1. The first kappa shape index (κ1) is 13.0. The Hall–Kier alpha value is -1.43. The van der Waals surface area contributed by atoms with Gasteiger partial charge in [-0.1, -0.05) is 5.21 Å². The van der Waals surface area contributed by atoms with E-state index in [1.807, 2.05) is 27.7 Å². The van der Waals surface area contributed by atoms with Gasteiger partial charge in [-0.25, -0.2) is 4.68 Å². The van der Waals surface area contributed by atoms with E-state index < -0.39 is 5.97 Å². The van der Waals surface area contributed by atoms with Crippen molar-refractivity contribution in [1.82, 2.24) is 15.0 Å². The van der Waals surface area contributed by atoms with Gasteiger partial charge in [0.15, 0.2) is 0 Å². The normalized spacial score (nSPS) is 25.2. The smallest absolute Gasteiger partial charge is 0.309 e. The van der Waals surface area contributed by atoms with Crippen LogP contribution in [-0.4, -0.2) is 37.3 Å². The predicted molar refractivity (Wildman–Crippen MR) is 64.3 cm³/mol. The first-order valence-electron chi connectivity index (χ1n) is 6.02. The van der Waals surface area contributed by atoms with E-state index in [4.69, 9.17) is 9.84 Å². The van der Waals surface area contributed by atoms with Gasteiger partial charge in [-0.3, -0.25) is 4.79 Å². The molecule has 1 N–H and O–H groups in total. The minimum atomic E-state index is -0.899. The monoisotopic (exact) mass is 253 g/mol. The van der Waals surface area contributed by atoms with Crippen LogP contribution in [0.25, 0.3) is 0 Å². The van der Waals surface area contributed by atoms with Gasteiger partial charge in [-0.15, -0.1) is 5.10 Å². The molecule has 1 aromatic rings. The maximum absolute atomic E-state index is 10.6. The fourth-order valence-electron chi connectivity index (χ4n) is 2.65. The van der Waals surface area contributed by atoms with Gasteiger partial charge in [0.1, 0.15) is 0 Å². The molecule has 1 atom stereocenters. The molecule has 0 amide bonds. The molecule has 0 bridgehead atoms. The summed E-state index contributed by atoms with van der Waals surface area (Å²) in [7, 11) is 0. The summed E-state index contributed by atoms with van der Waals surface area (Å²) in [5, 5.41) is 16.7. The average Bonchev–Trinajstić information content (AvgIpc) is 2.66. The van der Waals surface area contributed by atoms with Crippen LogP contribution in [0.3, 0.4) is 0 Å². The predicted octanol–water partition coefficient (Wildman–Crippen LogP) is 1.42. The lowest BCUT2D eigenvalue weighted by atomic mass is 9.95. The Balaban J connectivity index is 2.21. The molecule has 6 heteroatoms. The van der Waals surface area contributed by atoms with E-state index >= 15 is 0 Å². The minimum Gasteiger partial charge on any atom is -0.481 e. The molecule has 1 saturated heterocycles. The lowest BCUT2D eigenvalue weighted by molar-refractivity contribution is -0.136. The van der Waals surface area contributed by atoms with E-state index in [0.29, 0.717) is 5.69 Å². The number of rotatable bonds is 3. The van der Waals surface area contributed by atoms with Gasteiger partial charge < -0.3 is 9.84 Å². The minimum absolute atomic E-state index is 0.0718. The summed E-state index contributed by atoms with van der Waals surface area (Å²) in [4.78, 5) is 10.6. The zero-order valence-electron chi connectivity index (χ0n) is 11.2. The molecule has 100 valence electrons. The maximum Gasteiger partial charge on any atom is 0.309 e. The SMILES string of the molecule is CC1(C)CC(n2cc(CC(=O)O)nn2)C(C)(C)O1. The number of aliphatic carboxylic acids is 1. The molecule has 0 spiro atoms. The third kappa shape index (κ3) is 2.53. The van der Waals surface area contributed by atoms with Gasteiger partial charge >= 0.3 is 5.97 Å². The number of hydrogen-bond donors (Lipinski definition) is 1. The fourth-order valence-corrected chi connectivity index (χ4v) is 2.65. The summed E-state index contributed by atoms with van der Waals surface area (Å²) in [5.41, 5.74) is -0.0619. The van der Waals surface area contributed by atoms with Gasteiger partial charge in [0.2, 0.25) is 0 Å². The van der Waals surface area contributed by atoms with Crippen molar-refractivity contribution in [3.05, 3.63) is 11.9 Å². The molecule has 0 saturated carbocycles. The van der Waals surface area contributed by atoms with E-state index in [0.717, 1.165) is 6.42 Å². The van der Waals surface area contributed by atoms with Crippen molar-refractivity contribution in [3.8, 4) is 0 Å². The summed E-state index contributed by atoms with van der Waals surface area (Å²) in [5.74, 6) is -0.899. The summed E-state index contributed by atoms with van der Waals surface area (Å²) in [6, 6.07) is 0.0718. The van der Waals surface area contributed by atoms with Crippen LogP contribution in [0.5, 0.6) is 0 Å². The van der Waals surface area contributed by atoms with Crippen molar-refractivity contribution in [2.75, 3.05) is 0 Å². The summed E-state index contributed by atoms with van der Waals surface area (Å²) in [6.45, 7) is 8.13. The molecule has 2 heterocycles. The second-order valence-corrected chi connectivity index (χ2v) is 5.95. The Morgan fingerprint density at radius 3 is 2.72 bits per heavy atom. The largest absolute Gasteiger partial charge is 0.481 e. The molecule has 1 aliphatic rings. The lowest BCUT2D eigenvalue weighted by Gasteiger charge is -2.26. The molecule has 1 aromatic heterocycles. The maximum atomic E-state index is 10.6. The highest BCUT2D eigenvalue weighted by atomic mass is 16.5. The van der Waals surface area contributed by atoms with Gasteiger partial charge in [-0.05, 0) is 27.7 Å². The number of hydrogen-bond acceptors (Lipinski definition) is 4. The van der Waals surface area contributed by atoms with Gasteiger partial charge in [-0.2, -0.15) is 0 Å².